The van der Waals surface area contributed by atoms with Gasteiger partial charge in [0, 0.05) is 5.56 Å². The van der Waals surface area contributed by atoms with E-state index in [1.165, 1.54) is 28.4 Å². The molecule has 0 saturated carbocycles. The van der Waals surface area contributed by atoms with Crippen molar-refractivity contribution in [2.24, 2.45) is 0 Å². The molecule has 1 aliphatic rings. The number of ketones is 1. The standard InChI is InChI=1S/C27H24O8/c1-15-20(35-27(29)17-7-6-8-18(14-17)30-2)10-9-19-24(28)21(34-25(15)19)11-16-12-22(31-3)26(33-5)23(13-16)32-4/h6-14H,1-5H3/b21-11-. The Bertz CT molecular complexity index is 1310. The fourth-order valence-electron chi connectivity index (χ4n) is 3.72. The summed E-state index contributed by atoms with van der Waals surface area (Å²) >= 11 is 0. The zero-order chi connectivity index (χ0) is 25.1. The average molecular weight is 476 g/mol. The van der Waals surface area contributed by atoms with Crippen molar-refractivity contribution in [3.8, 4) is 34.5 Å². The van der Waals surface area contributed by atoms with Crippen LogP contribution in [0.2, 0.25) is 0 Å². The molecule has 8 heteroatoms. The molecule has 0 spiro atoms. The average Bonchev–Trinajstić information content (AvgIpc) is 3.20. The minimum Gasteiger partial charge on any atom is -0.497 e. The highest BCUT2D eigenvalue weighted by molar-refractivity contribution is 6.15. The number of esters is 1. The molecule has 0 fully saturated rings. The van der Waals surface area contributed by atoms with Crippen LogP contribution in [0.4, 0.5) is 0 Å². The Balaban J connectivity index is 1.63. The third-order valence-corrected chi connectivity index (χ3v) is 5.53. The van der Waals surface area contributed by atoms with E-state index in [9.17, 15) is 9.59 Å². The van der Waals surface area contributed by atoms with Crippen LogP contribution in [0.1, 0.15) is 31.8 Å². The third-order valence-electron chi connectivity index (χ3n) is 5.53. The number of allylic oxidation sites excluding steroid dienone is 1. The Hall–Kier alpha value is -4.46. The minimum absolute atomic E-state index is 0.119. The molecule has 4 rings (SSSR count). The number of ether oxygens (including phenoxy) is 6. The molecule has 8 nitrogen and oxygen atoms in total. The first-order valence-electron chi connectivity index (χ1n) is 10.6. The Morgan fingerprint density at radius 1 is 0.857 bits per heavy atom. The summed E-state index contributed by atoms with van der Waals surface area (Å²) in [7, 11) is 6.06. The van der Waals surface area contributed by atoms with E-state index in [0.717, 1.165) is 0 Å². The van der Waals surface area contributed by atoms with E-state index in [0.29, 0.717) is 56.8 Å². The van der Waals surface area contributed by atoms with E-state index in [1.807, 2.05) is 0 Å². The summed E-state index contributed by atoms with van der Waals surface area (Å²) in [6.45, 7) is 1.72. The Labute approximate surface area is 202 Å². The SMILES string of the molecule is COc1cccc(C(=O)Oc2ccc3c(c2C)O/C(=C\c2cc(OC)c(OC)c(OC)c2)C3=O)c1. The van der Waals surface area contributed by atoms with E-state index in [4.69, 9.17) is 28.4 Å². The number of Topliss-reactive ketones (excluding diaryl/α,β-unsaturated/α-hetero) is 1. The van der Waals surface area contributed by atoms with Crippen LogP contribution in [0.25, 0.3) is 6.08 Å². The van der Waals surface area contributed by atoms with Crippen LogP contribution in [0.15, 0.2) is 54.3 Å². The first kappa shape index (κ1) is 23.7. The van der Waals surface area contributed by atoms with Gasteiger partial charge >= 0.3 is 5.97 Å². The summed E-state index contributed by atoms with van der Waals surface area (Å²) in [6.07, 6.45) is 1.59. The highest BCUT2D eigenvalue weighted by Gasteiger charge is 2.31. The molecule has 0 atom stereocenters. The molecule has 35 heavy (non-hydrogen) atoms. The highest BCUT2D eigenvalue weighted by atomic mass is 16.5. The number of benzene rings is 3. The van der Waals surface area contributed by atoms with Crippen molar-refractivity contribution in [2.75, 3.05) is 28.4 Å². The quantitative estimate of drug-likeness (QED) is 0.271. The Morgan fingerprint density at radius 2 is 1.57 bits per heavy atom. The molecule has 3 aromatic carbocycles. The van der Waals surface area contributed by atoms with Gasteiger partial charge in [0.2, 0.25) is 11.5 Å². The van der Waals surface area contributed by atoms with Crippen LogP contribution < -0.4 is 28.4 Å². The summed E-state index contributed by atoms with van der Waals surface area (Å²) in [6, 6.07) is 13.2. The first-order chi connectivity index (χ1) is 16.9. The number of carbonyl (C=O) groups is 2. The molecule has 0 amide bonds. The zero-order valence-corrected chi connectivity index (χ0v) is 20.0. The second kappa shape index (κ2) is 9.80. The largest absolute Gasteiger partial charge is 0.497 e. The van der Waals surface area contributed by atoms with Gasteiger partial charge in [-0.1, -0.05) is 6.07 Å². The van der Waals surface area contributed by atoms with E-state index < -0.39 is 5.97 Å². The number of hydrogen-bond donors (Lipinski definition) is 0. The lowest BCUT2D eigenvalue weighted by atomic mass is 10.1. The van der Waals surface area contributed by atoms with Crippen LogP contribution in [-0.4, -0.2) is 40.2 Å². The zero-order valence-electron chi connectivity index (χ0n) is 20.0. The predicted molar refractivity (Wildman–Crippen MR) is 128 cm³/mol. The van der Waals surface area contributed by atoms with E-state index in [-0.39, 0.29) is 11.5 Å². The Kier molecular flexibility index (Phi) is 6.64. The van der Waals surface area contributed by atoms with Gasteiger partial charge in [0.15, 0.2) is 17.3 Å². The predicted octanol–water partition coefficient (Wildman–Crippen LogP) is 4.86. The van der Waals surface area contributed by atoms with E-state index in [2.05, 4.69) is 0 Å². The van der Waals surface area contributed by atoms with Gasteiger partial charge in [-0.05, 0) is 61.0 Å². The molecular weight excluding hydrogens is 452 g/mol. The molecule has 0 radical (unpaired) electrons. The molecule has 0 aliphatic carbocycles. The summed E-state index contributed by atoms with van der Waals surface area (Å²) in [4.78, 5) is 25.7. The van der Waals surface area contributed by atoms with Crippen LogP contribution in [0.3, 0.4) is 0 Å². The van der Waals surface area contributed by atoms with Gasteiger partial charge < -0.3 is 28.4 Å². The number of methoxy groups -OCH3 is 4. The normalized spacial score (nSPS) is 13.2. The minimum atomic E-state index is -0.551. The Morgan fingerprint density at radius 3 is 2.20 bits per heavy atom. The summed E-state index contributed by atoms with van der Waals surface area (Å²) in [5, 5.41) is 0. The third kappa shape index (κ3) is 4.50. The molecule has 0 aromatic heterocycles. The number of fused-ring (bicyclic) bond motifs is 1. The first-order valence-corrected chi connectivity index (χ1v) is 10.6. The number of hydrogen-bond acceptors (Lipinski definition) is 8. The maximum atomic E-state index is 13.0. The monoisotopic (exact) mass is 476 g/mol. The molecule has 0 saturated heterocycles. The smallest absolute Gasteiger partial charge is 0.343 e. The molecule has 0 bridgehead atoms. The number of carbonyl (C=O) groups excluding carboxylic acids is 2. The molecule has 0 unspecified atom stereocenters. The fourth-order valence-corrected chi connectivity index (χ4v) is 3.72. The highest BCUT2D eigenvalue weighted by Crippen LogP contribution is 2.42. The van der Waals surface area contributed by atoms with Crippen molar-refractivity contribution >= 4 is 17.8 Å². The van der Waals surface area contributed by atoms with Crippen molar-refractivity contribution in [1.29, 1.82) is 0 Å². The van der Waals surface area contributed by atoms with Gasteiger partial charge in [-0.2, -0.15) is 0 Å². The van der Waals surface area contributed by atoms with Gasteiger partial charge in [-0.25, -0.2) is 4.79 Å². The number of rotatable bonds is 7. The van der Waals surface area contributed by atoms with Crippen molar-refractivity contribution in [2.45, 2.75) is 6.92 Å². The van der Waals surface area contributed by atoms with Crippen molar-refractivity contribution < 1.29 is 38.0 Å². The fraction of sp³-hybridized carbons (Fsp3) is 0.185. The van der Waals surface area contributed by atoms with Gasteiger partial charge in [-0.15, -0.1) is 0 Å². The van der Waals surface area contributed by atoms with Crippen molar-refractivity contribution in [3.63, 3.8) is 0 Å². The van der Waals surface area contributed by atoms with Gasteiger partial charge in [0.05, 0.1) is 39.6 Å². The summed E-state index contributed by atoms with van der Waals surface area (Å²) in [5.74, 6) is 1.79. The van der Waals surface area contributed by atoms with E-state index in [1.54, 1.807) is 61.5 Å². The maximum absolute atomic E-state index is 13.0. The van der Waals surface area contributed by atoms with Crippen LogP contribution in [0, 0.1) is 6.92 Å². The van der Waals surface area contributed by atoms with Crippen molar-refractivity contribution in [1.82, 2.24) is 0 Å². The molecule has 180 valence electrons. The van der Waals surface area contributed by atoms with Crippen LogP contribution >= 0.6 is 0 Å². The maximum Gasteiger partial charge on any atom is 0.343 e. The second-order valence-electron chi connectivity index (χ2n) is 7.59. The van der Waals surface area contributed by atoms with Gasteiger partial charge in [0.1, 0.15) is 17.2 Å². The molecule has 3 aromatic rings. The van der Waals surface area contributed by atoms with Crippen LogP contribution in [-0.2, 0) is 0 Å². The van der Waals surface area contributed by atoms with Gasteiger partial charge in [-0.3, -0.25) is 4.79 Å². The molecule has 1 heterocycles. The van der Waals surface area contributed by atoms with Crippen molar-refractivity contribution in [3.05, 3.63) is 76.5 Å². The van der Waals surface area contributed by atoms with Crippen LogP contribution in [0.5, 0.6) is 34.5 Å². The van der Waals surface area contributed by atoms with E-state index >= 15 is 0 Å². The molecular formula is C27H24O8. The lowest BCUT2D eigenvalue weighted by molar-refractivity contribution is 0.0732. The molecule has 1 aliphatic heterocycles. The summed E-state index contributed by atoms with van der Waals surface area (Å²) < 4.78 is 32.7. The lowest BCUT2D eigenvalue weighted by Crippen LogP contribution is -2.09. The topological polar surface area (TPSA) is 89.5 Å². The molecule has 0 N–H and O–H groups in total. The summed E-state index contributed by atoms with van der Waals surface area (Å²) in [5.41, 5.74) is 1.87. The lowest BCUT2D eigenvalue weighted by Gasteiger charge is -2.13. The second-order valence-corrected chi connectivity index (χ2v) is 7.59. The van der Waals surface area contributed by atoms with Gasteiger partial charge in [0.25, 0.3) is 0 Å².